The fourth-order valence-corrected chi connectivity index (χ4v) is 1.79. The molecule has 2 rings (SSSR count). The molecule has 2 nitrogen and oxygen atoms in total. The van der Waals surface area contributed by atoms with Crippen LogP contribution in [0.2, 0.25) is 0 Å². The third-order valence-electron chi connectivity index (χ3n) is 2.52. The van der Waals surface area contributed by atoms with Gasteiger partial charge in [-0.1, -0.05) is 0 Å². The number of rotatable bonds is 1. The van der Waals surface area contributed by atoms with Crippen molar-refractivity contribution < 1.29 is 8.78 Å². The second-order valence-corrected chi connectivity index (χ2v) is 3.46. The standard InChI is InChI=1S/C9H12F2N2/c1-2-13-8-5-9(10,11)4-3-7(8)6-12-13/h6H,2-5H2,1H3. The van der Waals surface area contributed by atoms with Gasteiger partial charge in [-0.05, 0) is 18.9 Å². The van der Waals surface area contributed by atoms with Crippen molar-refractivity contribution in [1.82, 2.24) is 9.78 Å². The quantitative estimate of drug-likeness (QED) is 0.656. The van der Waals surface area contributed by atoms with Gasteiger partial charge in [0.1, 0.15) is 0 Å². The zero-order chi connectivity index (χ0) is 9.47. The van der Waals surface area contributed by atoms with E-state index in [0.29, 0.717) is 13.0 Å². The van der Waals surface area contributed by atoms with Crippen molar-refractivity contribution in [3.63, 3.8) is 0 Å². The van der Waals surface area contributed by atoms with Crippen molar-refractivity contribution in [3.8, 4) is 0 Å². The Morgan fingerprint density at radius 2 is 2.38 bits per heavy atom. The molecule has 0 aromatic carbocycles. The molecule has 0 radical (unpaired) electrons. The molecule has 1 aliphatic carbocycles. The summed E-state index contributed by atoms with van der Waals surface area (Å²) in [6, 6.07) is 0. The second-order valence-electron chi connectivity index (χ2n) is 3.46. The first kappa shape index (κ1) is 8.66. The Labute approximate surface area is 75.6 Å². The third-order valence-corrected chi connectivity index (χ3v) is 2.52. The number of fused-ring (bicyclic) bond motifs is 1. The van der Waals surface area contributed by atoms with Gasteiger partial charge in [0.05, 0.1) is 12.6 Å². The summed E-state index contributed by atoms with van der Waals surface area (Å²) < 4.78 is 27.7. The van der Waals surface area contributed by atoms with Crippen LogP contribution in [-0.4, -0.2) is 15.7 Å². The highest BCUT2D eigenvalue weighted by atomic mass is 19.3. The molecule has 1 heterocycles. The lowest BCUT2D eigenvalue weighted by atomic mass is 9.95. The fraction of sp³-hybridized carbons (Fsp3) is 0.667. The zero-order valence-corrected chi connectivity index (χ0v) is 7.56. The van der Waals surface area contributed by atoms with E-state index in [-0.39, 0.29) is 12.8 Å². The van der Waals surface area contributed by atoms with Gasteiger partial charge in [0, 0.05) is 18.7 Å². The highest BCUT2D eigenvalue weighted by Crippen LogP contribution is 2.32. The van der Waals surface area contributed by atoms with Crippen molar-refractivity contribution in [2.24, 2.45) is 0 Å². The van der Waals surface area contributed by atoms with Gasteiger partial charge in [-0.15, -0.1) is 0 Å². The Morgan fingerprint density at radius 1 is 1.62 bits per heavy atom. The summed E-state index contributed by atoms with van der Waals surface area (Å²) in [5, 5.41) is 4.07. The summed E-state index contributed by atoms with van der Waals surface area (Å²) in [5.74, 6) is -2.53. The molecule has 0 unspecified atom stereocenters. The van der Waals surface area contributed by atoms with E-state index >= 15 is 0 Å². The van der Waals surface area contributed by atoms with Gasteiger partial charge in [-0.3, -0.25) is 4.68 Å². The van der Waals surface area contributed by atoms with E-state index in [4.69, 9.17) is 0 Å². The number of hydrogen-bond donors (Lipinski definition) is 0. The average molecular weight is 186 g/mol. The highest BCUT2D eigenvalue weighted by molar-refractivity contribution is 5.22. The van der Waals surface area contributed by atoms with Crippen molar-refractivity contribution in [1.29, 1.82) is 0 Å². The van der Waals surface area contributed by atoms with Crippen LogP contribution in [0.15, 0.2) is 6.20 Å². The molecule has 0 aliphatic heterocycles. The molecule has 1 aromatic heterocycles. The maximum absolute atomic E-state index is 13.0. The van der Waals surface area contributed by atoms with Crippen LogP contribution < -0.4 is 0 Å². The number of hydrogen-bond acceptors (Lipinski definition) is 1. The lowest BCUT2D eigenvalue weighted by molar-refractivity contribution is -0.0142. The van der Waals surface area contributed by atoms with Crippen molar-refractivity contribution in [2.45, 2.75) is 38.7 Å². The first-order valence-electron chi connectivity index (χ1n) is 4.54. The molecule has 0 N–H and O–H groups in total. The van der Waals surface area contributed by atoms with Crippen LogP contribution in [0.3, 0.4) is 0 Å². The summed E-state index contributed by atoms with van der Waals surface area (Å²) in [5.41, 5.74) is 1.71. The molecule has 0 fully saturated rings. The first-order chi connectivity index (χ1) is 6.12. The predicted octanol–water partition coefficient (Wildman–Crippen LogP) is 2.03. The van der Waals surface area contributed by atoms with Gasteiger partial charge in [0.2, 0.25) is 0 Å². The van der Waals surface area contributed by atoms with E-state index in [9.17, 15) is 8.78 Å². The lowest BCUT2D eigenvalue weighted by Crippen LogP contribution is -2.27. The van der Waals surface area contributed by atoms with Gasteiger partial charge < -0.3 is 0 Å². The number of nitrogens with zero attached hydrogens (tertiary/aromatic N) is 2. The molecule has 0 bridgehead atoms. The van der Waals surface area contributed by atoms with E-state index in [1.165, 1.54) is 0 Å². The monoisotopic (exact) mass is 186 g/mol. The number of aromatic nitrogens is 2. The van der Waals surface area contributed by atoms with E-state index in [1.807, 2.05) is 6.92 Å². The fourth-order valence-electron chi connectivity index (χ4n) is 1.79. The average Bonchev–Trinajstić information content (AvgIpc) is 2.44. The topological polar surface area (TPSA) is 17.8 Å². The van der Waals surface area contributed by atoms with E-state index in [0.717, 1.165) is 11.3 Å². The maximum Gasteiger partial charge on any atom is 0.253 e. The van der Waals surface area contributed by atoms with E-state index in [1.54, 1.807) is 10.9 Å². The SMILES string of the molecule is CCn1ncc2c1CC(F)(F)CC2. The molecule has 0 saturated carbocycles. The van der Waals surface area contributed by atoms with Crippen LogP contribution in [0.4, 0.5) is 8.78 Å². The predicted molar refractivity (Wildman–Crippen MR) is 44.9 cm³/mol. The van der Waals surface area contributed by atoms with Crippen LogP contribution >= 0.6 is 0 Å². The maximum atomic E-state index is 13.0. The first-order valence-corrected chi connectivity index (χ1v) is 4.54. The van der Waals surface area contributed by atoms with Gasteiger partial charge in [0.25, 0.3) is 5.92 Å². The molecule has 0 atom stereocenters. The summed E-state index contributed by atoms with van der Waals surface area (Å²) in [6.45, 7) is 2.59. The second kappa shape index (κ2) is 2.79. The van der Waals surface area contributed by atoms with Crippen molar-refractivity contribution >= 4 is 0 Å². The largest absolute Gasteiger partial charge is 0.269 e. The molecule has 1 aromatic rings. The minimum absolute atomic E-state index is 0.0323. The molecule has 4 heteroatoms. The van der Waals surface area contributed by atoms with Crippen LogP contribution in [-0.2, 0) is 19.4 Å². The van der Waals surface area contributed by atoms with E-state index in [2.05, 4.69) is 5.10 Å². The Kier molecular flexibility index (Phi) is 1.86. The molecular weight excluding hydrogens is 174 g/mol. The minimum Gasteiger partial charge on any atom is -0.269 e. The summed E-state index contributed by atoms with van der Waals surface area (Å²) in [6.07, 6.45) is 2.00. The van der Waals surface area contributed by atoms with Gasteiger partial charge in [-0.2, -0.15) is 5.10 Å². The number of halogens is 2. The van der Waals surface area contributed by atoms with Gasteiger partial charge in [-0.25, -0.2) is 8.78 Å². The molecular formula is C9H12F2N2. The zero-order valence-electron chi connectivity index (χ0n) is 7.56. The summed E-state index contributed by atoms with van der Waals surface area (Å²) >= 11 is 0. The van der Waals surface area contributed by atoms with Crippen LogP contribution in [0.25, 0.3) is 0 Å². The van der Waals surface area contributed by atoms with Crippen LogP contribution in [0.5, 0.6) is 0 Å². The summed E-state index contributed by atoms with van der Waals surface area (Å²) in [4.78, 5) is 0. The molecule has 0 saturated heterocycles. The molecule has 72 valence electrons. The number of aryl methyl sites for hydroxylation is 2. The molecule has 13 heavy (non-hydrogen) atoms. The minimum atomic E-state index is -2.53. The third kappa shape index (κ3) is 1.45. The lowest BCUT2D eigenvalue weighted by Gasteiger charge is -2.22. The number of alkyl halides is 2. The molecule has 0 spiro atoms. The smallest absolute Gasteiger partial charge is 0.253 e. The molecule has 0 amide bonds. The van der Waals surface area contributed by atoms with Crippen molar-refractivity contribution in [3.05, 3.63) is 17.5 Å². The van der Waals surface area contributed by atoms with Gasteiger partial charge in [0.15, 0.2) is 0 Å². The Hall–Kier alpha value is -0.930. The van der Waals surface area contributed by atoms with Crippen LogP contribution in [0.1, 0.15) is 24.6 Å². The van der Waals surface area contributed by atoms with Gasteiger partial charge >= 0.3 is 0 Å². The Balaban J connectivity index is 2.36. The van der Waals surface area contributed by atoms with Crippen LogP contribution in [0, 0.1) is 0 Å². The van der Waals surface area contributed by atoms with E-state index < -0.39 is 5.92 Å². The van der Waals surface area contributed by atoms with Crippen molar-refractivity contribution in [2.75, 3.05) is 0 Å². The Morgan fingerprint density at radius 3 is 3.08 bits per heavy atom. The normalized spacial score (nSPS) is 19.9. The Bertz CT molecular complexity index is 304. The molecule has 1 aliphatic rings. The summed E-state index contributed by atoms with van der Waals surface area (Å²) in [7, 11) is 0. The highest BCUT2D eigenvalue weighted by Gasteiger charge is 2.35.